The van der Waals surface area contributed by atoms with Gasteiger partial charge in [0, 0.05) is 39.0 Å². The van der Waals surface area contributed by atoms with E-state index < -0.39 is 0 Å². The third kappa shape index (κ3) is 3.77. The molecule has 4 rings (SSSR count). The molecule has 7 nitrogen and oxygen atoms in total. The van der Waals surface area contributed by atoms with E-state index in [1.807, 2.05) is 11.8 Å². The highest BCUT2D eigenvalue weighted by atomic mass is 16.5. The van der Waals surface area contributed by atoms with Crippen LogP contribution in [0.15, 0.2) is 4.52 Å². The summed E-state index contributed by atoms with van der Waals surface area (Å²) >= 11 is 0. The van der Waals surface area contributed by atoms with Crippen LogP contribution in [0.3, 0.4) is 0 Å². The second kappa shape index (κ2) is 7.44. The Morgan fingerprint density at radius 1 is 1.15 bits per heavy atom. The van der Waals surface area contributed by atoms with Crippen LogP contribution < -0.4 is 4.90 Å². The first-order valence-electron chi connectivity index (χ1n) is 10.2. The first-order chi connectivity index (χ1) is 13.0. The molecular formula is C20H29N5O2. The lowest BCUT2D eigenvalue weighted by molar-refractivity contribution is -0.130. The average Bonchev–Trinajstić information content (AvgIpc) is 3.29. The van der Waals surface area contributed by atoms with Crippen LogP contribution in [0.5, 0.6) is 0 Å². The summed E-state index contributed by atoms with van der Waals surface area (Å²) in [5.74, 6) is 3.04. The number of hydrogen-bond donors (Lipinski definition) is 0. The number of hydrogen-bond acceptors (Lipinski definition) is 6. The molecule has 27 heavy (non-hydrogen) atoms. The minimum absolute atomic E-state index is 0.201. The topological polar surface area (TPSA) is 75.4 Å². The van der Waals surface area contributed by atoms with Gasteiger partial charge in [0.15, 0.2) is 0 Å². The molecule has 1 amide bonds. The Morgan fingerprint density at radius 2 is 1.85 bits per heavy atom. The van der Waals surface area contributed by atoms with E-state index in [9.17, 15) is 4.79 Å². The molecule has 2 fully saturated rings. The predicted molar refractivity (Wildman–Crippen MR) is 104 cm³/mol. The first-order valence-corrected chi connectivity index (χ1v) is 10.2. The number of aryl methyl sites for hydroxylation is 2. The summed E-state index contributed by atoms with van der Waals surface area (Å²) in [4.78, 5) is 26.1. The van der Waals surface area contributed by atoms with Gasteiger partial charge in [-0.2, -0.15) is 4.98 Å². The number of likely N-dealkylation sites (tertiary alicyclic amines) is 1. The monoisotopic (exact) mass is 371 g/mol. The number of nitrogens with zero attached hydrogens (tertiary/aromatic N) is 5. The molecule has 2 atom stereocenters. The van der Waals surface area contributed by atoms with E-state index in [1.54, 1.807) is 0 Å². The number of anilines is 1. The third-order valence-electron chi connectivity index (χ3n) is 5.72. The zero-order valence-corrected chi connectivity index (χ0v) is 16.6. The van der Waals surface area contributed by atoms with Crippen LogP contribution in [0.2, 0.25) is 0 Å². The van der Waals surface area contributed by atoms with E-state index in [-0.39, 0.29) is 5.91 Å². The first kappa shape index (κ1) is 18.2. The summed E-state index contributed by atoms with van der Waals surface area (Å²) in [6.07, 6.45) is 4.45. The fourth-order valence-electron chi connectivity index (χ4n) is 4.53. The van der Waals surface area contributed by atoms with Gasteiger partial charge in [-0.25, -0.2) is 4.98 Å². The van der Waals surface area contributed by atoms with E-state index in [1.165, 1.54) is 6.42 Å². The second-order valence-corrected chi connectivity index (χ2v) is 8.35. The van der Waals surface area contributed by atoms with Crippen LogP contribution in [-0.4, -0.2) is 52.1 Å². The van der Waals surface area contributed by atoms with Crippen molar-refractivity contribution in [2.75, 3.05) is 31.1 Å². The molecule has 2 unspecified atom stereocenters. The summed E-state index contributed by atoms with van der Waals surface area (Å²) in [5.41, 5.74) is 1.36. The molecular weight excluding hydrogens is 342 g/mol. The SMILES string of the molecule is Cc1noc2nc(CCC(=O)N3CCCC3)nc(N3CC(C)CC(C)C3)c12. The minimum Gasteiger partial charge on any atom is -0.355 e. The summed E-state index contributed by atoms with van der Waals surface area (Å²) in [7, 11) is 0. The Bertz CT molecular complexity index is 817. The summed E-state index contributed by atoms with van der Waals surface area (Å²) in [6, 6.07) is 0. The highest BCUT2D eigenvalue weighted by molar-refractivity contribution is 5.88. The molecule has 7 heteroatoms. The van der Waals surface area contributed by atoms with E-state index >= 15 is 0 Å². The lowest BCUT2D eigenvalue weighted by Crippen LogP contribution is -2.39. The van der Waals surface area contributed by atoms with Crippen LogP contribution in [-0.2, 0) is 11.2 Å². The third-order valence-corrected chi connectivity index (χ3v) is 5.72. The lowest BCUT2D eigenvalue weighted by atomic mass is 9.92. The van der Waals surface area contributed by atoms with Crippen LogP contribution >= 0.6 is 0 Å². The molecule has 4 heterocycles. The molecule has 0 aliphatic carbocycles. The van der Waals surface area contributed by atoms with Crippen LogP contribution in [0.4, 0.5) is 5.82 Å². The van der Waals surface area contributed by atoms with Gasteiger partial charge in [0.1, 0.15) is 17.0 Å². The lowest BCUT2D eigenvalue weighted by Gasteiger charge is -2.36. The highest BCUT2D eigenvalue weighted by Crippen LogP contribution is 2.32. The van der Waals surface area contributed by atoms with E-state index in [4.69, 9.17) is 9.51 Å². The fraction of sp³-hybridized carbons (Fsp3) is 0.700. The Balaban J connectivity index is 1.59. The molecule has 2 aromatic heterocycles. The summed E-state index contributed by atoms with van der Waals surface area (Å²) in [5, 5.41) is 5.02. The number of carbonyl (C=O) groups is 1. The molecule has 0 bridgehead atoms. The Kier molecular flexibility index (Phi) is 5.02. The molecule has 0 spiro atoms. The van der Waals surface area contributed by atoms with Crippen LogP contribution in [0.1, 0.15) is 51.0 Å². The maximum atomic E-state index is 12.4. The minimum atomic E-state index is 0.201. The zero-order valence-electron chi connectivity index (χ0n) is 16.6. The second-order valence-electron chi connectivity index (χ2n) is 8.35. The molecule has 146 valence electrons. The van der Waals surface area contributed by atoms with Gasteiger partial charge < -0.3 is 14.3 Å². The van der Waals surface area contributed by atoms with Gasteiger partial charge >= 0.3 is 0 Å². The van der Waals surface area contributed by atoms with Gasteiger partial charge in [0.2, 0.25) is 5.91 Å². The summed E-state index contributed by atoms with van der Waals surface area (Å²) in [6.45, 7) is 10.2. The largest absolute Gasteiger partial charge is 0.355 e. The van der Waals surface area contributed by atoms with E-state index in [0.717, 1.165) is 55.9 Å². The van der Waals surface area contributed by atoms with Crippen LogP contribution in [0.25, 0.3) is 11.1 Å². The maximum absolute atomic E-state index is 12.4. The normalized spacial score (nSPS) is 23.4. The molecule has 0 radical (unpaired) electrons. The van der Waals surface area contributed by atoms with Gasteiger partial charge in [-0.05, 0) is 38.0 Å². The molecule has 0 saturated carbocycles. The van der Waals surface area contributed by atoms with Crippen molar-refractivity contribution in [3.05, 3.63) is 11.5 Å². The number of carbonyl (C=O) groups excluding carboxylic acids is 1. The maximum Gasteiger partial charge on any atom is 0.263 e. The van der Waals surface area contributed by atoms with Crippen molar-refractivity contribution in [3.63, 3.8) is 0 Å². The van der Waals surface area contributed by atoms with E-state index in [0.29, 0.717) is 36.2 Å². The van der Waals surface area contributed by atoms with Gasteiger partial charge in [0.05, 0.1) is 5.69 Å². The average molecular weight is 371 g/mol. The van der Waals surface area contributed by atoms with Crippen molar-refractivity contribution in [2.45, 2.75) is 52.9 Å². The van der Waals surface area contributed by atoms with Crippen molar-refractivity contribution in [1.82, 2.24) is 20.0 Å². The van der Waals surface area contributed by atoms with Crippen molar-refractivity contribution < 1.29 is 9.32 Å². The zero-order chi connectivity index (χ0) is 19.0. The quantitative estimate of drug-likeness (QED) is 0.822. The molecule has 0 aromatic carbocycles. The summed E-state index contributed by atoms with van der Waals surface area (Å²) < 4.78 is 5.46. The number of aromatic nitrogens is 3. The van der Waals surface area contributed by atoms with Gasteiger partial charge in [-0.3, -0.25) is 4.79 Å². The standard InChI is InChI=1S/C20H29N5O2/c1-13-10-14(2)12-25(11-13)19-18-15(3)23-27-20(18)22-16(21-19)6-7-17(26)24-8-4-5-9-24/h13-14H,4-12H2,1-3H3. The van der Waals surface area contributed by atoms with Gasteiger partial charge in [0.25, 0.3) is 5.71 Å². The number of amides is 1. The highest BCUT2D eigenvalue weighted by Gasteiger charge is 2.27. The molecule has 2 aliphatic rings. The molecule has 2 saturated heterocycles. The van der Waals surface area contributed by atoms with Crippen LogP contribution in [0, 0.1) is 18.8 Å². The van der Waals surface area contributed by atoms with E-state index in [2.05, 4.69) is 28.9 Å². The fourth-order valence-corrected chi connectivity index (χ4v) is 4.53. The van der Waals surface area contributed by atoms with Gasteiger partial charge in [-0.1, -0.05) is 19.0 Å². The Morgan fingerprint density at radius 3 is 2.56 bits per heavy atom. The number of rotatable bonds is 4. The van der Waals surface area contributed by atoms with Gasteiger partial charge in [-0.15, -0.1) is 0 Å². The number of piperidine rings is 1. The molecule has 2 aromatic rings. The smallest absolute Gasteiger partial charge is 0.263 e. The van der Waals surface area contributed by atoms with Crippen molar-refractivity contribution in [2.24, 2.45) is 11.8 Å². The predicted octanol–water partition coefficient (Wildman–Crippen LogP) is 2.96. The van der Waals surface area contributed by atoms with Crippen molar-refractivity contribution in [3.8, 4) is 0 Å². The number of fused-ring (bicyclic) bond motifs is 1. The Labute approximate surface area is 160 Å². The molecule has 0 N–H and O–H groups in total. The molecule has 2 aliphatic heterocycles. The van der Waals surface area contributed by atoms with Crippen molar-refractivity contribution >= 4 is 22.8 Å². The Hall–Kier alpha value is -2.18. The van der Waals surface area contributed by atoms with Crippen molar-refractivity contribution in [1.29, 1.82) is 0 Å².